The van der Waals surface area contributed by atoms with Crippen molar-refractivity contribution in [3.63, 3.8) is 0 Å². The van der Waals surface area contributed by atoms with Gasteiger partial charge in [0.25, 0.3) is 0 Å². The van der Waals surface area contributed by atoms with Gasteiger partial charge in [0.2, 0.25) is 10.0 Å². The second-order valence-corrected chi connectivity index (χ2v) is 7.29. The first-order valence-corrected chi connectivity index (χ1v) is 9.10. The Bertz CT molecular complexity index is 641. The molecule has 0 saturated carbocycles. The summed E-state index contributed by atoms with van der Waals surface area (Å²) >= 11 is 0. The summed E-state index contributed by atoms with van der Waals surface area (Å²) in [6.07, 6.45) is -2.91. The molecule has 132 valence electrons. The van der Waals surface area contributed by atoms with E-state index in [0.29, 0.717) is 25.1 Å². The van der Waals surface area contributed by atoms with Crippen LogP contribution in [-0.4, -0.2) is 37.1 Å². The van der Waals surface area contributed by atoms with Crippen molar-refractivity contribution < 1.29 is 26.3 Å². The van der Waals surface area contributed by atoms with Crippen molar-refractivity contribution in [1.29, 1.82) is 0 Å². The molecule has 0 unspecified atom stereocenters. The zero-order valence-corrected chi connectivity index (χ0v) is 13.6. The van der Waals surface area contributed by atoms with Crippen LogP contribution in [0.3, 0.4) is 0 Å². The van der Waals surface area contributed by atoms with Gasteiger partial charge in [0.15, 0.2) is 5.69 Å². The second-order valence-electron chi connectivity index (χ2n) is 5.36. The third kappa shape index (κ3) is 4.67. The van der Waals surface area contributed by atoms with Crippen molar-refractivity contribution in [2.24, 2.45) is 0 Å². The molecule has 0 aliphatic carbocycles. The minimum Gasteiger partial charge on any atom is -0.376 e. The van der Waals surface area contributed by atoms with E-state index in [1.165, 1.54) is 4.68 Å². The predicted molar refractivity (Wildman–Crippen MR) is 77.3 cm³/mol. The lowest BCUT2D eigenvalue weighted by Crippen LogP contribution is -2.30. The molecule has 1 aliphatic rings. The summed E-state index contributed by atoms with van der Waals surface area (Å²) in [6, 6.07) is 0. The SMILES string of the molecule is CCCCS(=O)(=O)NCCn1nc(C(F)(F)F)c2c1CCOC2. The van der Waals surface area contributed by atoms with Crippen LogP contribution < -0.4 is 4.72 Å². The van der Waals surface area contributed by atoms with Crippen LogP contribution in [0, 0.1) is 0 Å². The summed E-state index contributed by atoms with van der Waals surface area (Å²) in [5, 5.41) is 3.62. The van der Waals surface area contributed by atoms with Gasteiger partial charge in [-0.05, 0) is 6.42 Å². The van der Waals surface area contributed by atoms with Gasteiger partial charge in [-0.25, -0.2) is 13.1 Å². The fourth-order valence-corrected chi connectivity index (χ4v) is 3.65. The van der Waals surface area contributed by atoms with Gasteiger partial charge in [-0.15, -0.1) is 0 Å². The van der Waals surface area contributed by atoms with E-state index in [-0.39, 0.29) is 31.0 Å². The highest BCUT2D eigenvalue weighted by atomic mass is 32.2. The van der Waals surface area contributed by atoms with E-state index in [9.17, 15) is 21.6 Å². The molecule has 0 aromatic carbocycles. The summed E-state index contributed by atoms with van der Waals surface area (Å²) in [7, 11) is -3.39. The summed E-state index contributed by atoms with van der Waals surface area (Å²) < 4.78 is 71.1. The van der Waals surface area contributed by atoms with Gasteiger partial charge in [0.05, 0.1) is 25.5 Å². The lowest BCUT2D eigenvalue weighted by molar-refractivity contribution is -0.142. The van der Waals surface area contributed by atoms with Gasteiger partial charge in [0.1, 0.15) is 0 Å². The monoisotopic (exact) mass is 355 g/mol. The maximum atomic E-state index is 13.0. The first kappa shape index (κ1) is 18.2. The molecule has 1 aromatic heterocycles. The van der Waals surface area contributed by atoms with E-state index >= 15 is 0 Å². The molecule has 1 aromatic rings. The number of halogens is 3. The molecule has 0 spiro atoms. The Morgan fingerprint density at radius 2 is 2.13 bits per heavy atom. The molecule has 0 bridgehead atoms. The third-order valence-electron chi connectivity index (χ3n) is 3.58. The number of nitrogens with one attached hydrogen (secondary N) is 1. The Morgan fingerprint density at radius 3 is 2.78 bits per heavy atom. The fraction of sp³-hybridized carbons (Fsp3) is 0.769. The number of nitrogens with zero attached hydrogens (tertiary/aromatic N) is 2. The Morgan fingerprint density at radius 1 is 1.39 bits per heavy atom. The van der Waals surface area contributed by atoms with Crippen molar-refractivity contribution in [1.82, 2.24) is 14.5 Å². The first-order chi connectivity index (χ1) is 10.7. The van der Waals surface area contributed by atoms with E-state index in [1.54, 1.807) is 0 Å². The second kappa shape index (κ2) is 7.18. The minimum atomic E-state index is -4.54. The van der Waals surface area contributed by atoms with Crippen molar-refractivity contribution >= 4 is 10.0 Å². The molecule has 0 saturated heterocycles. The molecule has 0 atom stereocenters. The largest absolute Gasteiger partial charge is 0.435 e. The molecule has 0 fully saturated rings. The van der Waals surface area contributed by atoms with Crippen molar-refractivity contribution in [3.05, 3.63) is 17.0 Å². The average Bonchev–Trinajstić information content (AvgIpc) is 2.84. The average molecular weight is 355 g/mol. The number of alkyl halides is 3. The Hall–Kier alpha value is -1.13. The maximum absolute atomic E-state index is 13.0. The zero-order chi connectivity index (χ0) is 17.1. The van der Waals surface area contributed by atoms with Crippen molar-refractivity contribution in [2.45, 2.75) is 45.5 Å². The van der Waals surface area contributed by atoms with Gasteiger partial charge in [0, 0.05) is 24.2 Å². The van der Waals surface area contributed by atoms with Gasteiger partial charge < -0.3 is 4.74 Å². The quantitative estimate of drug-likeness (QED) is 0.808. The summed E-state index contributed by atoms with van der Waals surface area (Å²) in [6.45, 7) is 2.17. The third-order valence-corrected chi connectivity index (χ3v) is 5.05. The van der Waals surface area contributed by atoms with Crippen LogP contribution in [0.1, 0.15) is 36.7 Å². The fourth-order valence-electron chi connectivity index (χ4n) is 2.43. The molecule has 1 aliphatic heterocycles. The standard InChI is InChI=1S/C13H20F3N3O3S/c1-2-3-8-23(20,21)17-5-6-19-11-4-7-22-9-10(11)12(18-19)13(14,15)16/h17H,2-9H2,1H3. The van der Waals surface area contributed by atoms with Crippen LogP contribution in [-0.2, 0) is 40.5 Å². The molecule has 23 heavy (non-hydrogen) atoms. The first-order valence-electron chi connectivity index (χ1n) is 7.45. The number of aromatic nitrogens is 2. The molecule has 6 nitrogen and oxygen atoms in total. The normalized spacial score (nSPS) is 15.7. The van der Waals surface area contributed by atoms with Crippen LogP contribution in [0.15, 0.2) is 0 Å². The Kier molecular flexibility index (Phi) is 5.69. The molecule has 0 amide bonds. The number of rotatable bonds is 7. The molecule has 0 radical (unpaired) electrons. The van der Waals surface area contributed by atoms with E-state index in [2.05, 4.69) is 9.82 Å². The molecule has 2 rings (SSSR count). The van der Waals surface area contributed by atoms with Crippen LogP contribution in [0.4, 0.5) is 13.2 Å². The van der Waals surface area contributed by atoms with Crippen LogP contribution in [0.25, 0.3) is 0 Å². The number of hydrogen-bond donors (Lipinski definition) is 1. The maximum Gasteiger partial charge on any atom is 0.435 e. The summed E-state index contributed by atoms with van der Waals surface area (Å²) in [5.41, 5.74) is -0.421. The van der Waals surface area contributed by atoms with Crippen LogP contribution >= 0.6 is 0 Å². The topological polar surface area (TPSA) is 73.2 Å². The molecular weight excluding hydrogens is 335 g/mol. The predicted octanol–water partition coefficient (Wildman–Crippen LogP) is 1.69. The van der Waals surface area contributed by atoms with E-state index in [1.807, 2.05) is 6.92 Å². The molecule has 2 heterocycles. The number of fused-ring (bicyclic) bond motifs is 1. The summed E-state index contributed by atoms with van der Waals surface area (Å²) in [4.78, 5) is 0. The van der Waals surface area contributed by atoms with E-state index < -0.39 is 21.9 Å². The van der Waals surface area contributed by atoms with Crippen molar-refractivity contribution in [2.75, 3.05) is 18.9 Å². The van der Waals surface area contributed by atoms with Gasteiger partial charge in [-0.2, -0.15) is 18.3 Å². The minimum absolute atomic E-state index is 0.0122. The van der Waals surface area contributed by atoms with E-state index in [4.69, 9.17) is 4.74 Å². The highest BCUT2D eigenvalue weighted by Crippen LogP contribution is 2.34. The van der Waals surface area contributed by atoms with E-state index in [0.717, 1.165) is 6.42 Å². The van der Waals surface area contributed by atoms with Gasteiger partial charge in [-0.1, -0.05) is 13.3 Å². The van der Waals surface area contributed by atoms with Crippen LogP contribution in [0.5, 0.6) is 0 Å². The number of ether oxygens (including phenoxy) is 1. The summed E-state index contributed by atoms with van der Waals surface area (Å²) in [5.74, 6) is 0.0162. The van der Waals surface area contributed by atoms with Crippen molar-refractivity contribution in [3.8, 4) is 0 Å². The Labute approximate surface area is 133 Å². The van der Waals surface area contributed by atoms with Gasteiger partial charge >= 0.3 is 6.18 Å². The number of sulfonamides is 1. The highest BCUT2D eigenvalue weighted by molar-refractivity contribution is 7.89. The number of hydrogen-bond acceptors (Lipinski definition) is 4. The van der Waals surface area contributed by atoms with Gasteiger partial charge in [-0.3, -0.25) is 4.68 Å². The highest BCUT2D eigenvalue weighted by Gasteiger charge is 2.39. The number of unbranched alkanes of at least 4 members (excludes halogenated alkanes) is 1. The van der Waals surface area contributed by atoms with Crippen LogP contribution in [0.2, 0.25) is 0 Å². The molecular formula is C13H20F3N3O3S. The molecule has 1 N–H and O–H groups in total. The lowest BCUT2D eigenvalue weighted by atomic mass is 10.1. The smallest absolute Gasteiger partial charge is 0.376 e. The molecule has 10 heteroatoms. The Balaban J connectivity index is 2.07. The zero-order valence-electron chi connectivity index (χ0n) is 12.8. The lowest BCUT2D eigenvalue weighted by Gasteiger charge is -2.15.